The first-order valence-electron chi connectivity index (χ1n) is 10.8. The monoisotopic (exact) mass is 539 g/mol. The number of halogens is 3. The van der Waals surface area contributed by atoms with Crippen molar-refractivity contribution in [1.29, 1.82) is 0 Å². The van der Waals surface area contributed by atoms with Gasteiger partial charge in [0.25, 0.3) is 11.8 Å². The molecule has 0 saturated heterocycles. The van der Waals surface area contributed by atoms with E-state index in [9.17, 15) is 22.8 Å². The molecular weight excluding hydrogens is 515 g/mol. The van der Waals surface area contributed by atoms with E-state index in [1.807, 2.05) is 12.1 Å². The molecule has 3 aromatic rings. The number of hydrogen-bond donors (Lipinski definition) is 2. The molecular formula is C24H24F3N3O6S. The molecule has 198 valence electrons. The van der Waals surface area contributed by atoms with Crippen LogP contribution < -0.4 is 29.6 Å². The van der Waals surface area contributed by atoms with E-state index in [4.69, 9.17) is 14.2 Å². The van der Waals surface area contributed by atoms with E-state index in [1.165, 1.54) is 23.5 Å². The van der Waals surface area contributed by atoms with E-state index in [0.717, 1.165) is 17.7 Å². The van der Waals surface area contributed by atoms with Crippen LogP contribution in [-0.4, -0.2) is 50.5 Å². The molecule has 2 amide bonds. The second-order valence-electron chi connectivity index (χ2n) is 7.44. The number of ether oxygens (including phenoxy) is 4. The Morgan fingerprint density at radius 1 is 0.946 bits per heavy atom. The van der Waals surface area contributed by atoms with E-state index >= 15 is 0 Å². The third-order valence-electron chi connectivity index (χ3n) is 4.76. The predicted molar refractivity (Wildman–Crippen MR) is 128 cm³/mol. The van der Waals surface area contributed by atoms with Crippen LogP contribution in [0.2, 0.25) is 0 Å². The Kier molecular flexibility index (Phi) is 9.55. The van der Waals surface area contributed by atoms with Crippen molar-refractivity contribution in [2.45, 2.75) is 19.3 Å². The third-order valence-corrected chi connectivity index (χ3v) is 5.61. The number of thiazole rings is 1. The molecule has 3 rings (SSSR count). The molecule has 0 saturated carbocycles. The van der Waals surface area contributed by atoms with Gasteiger partial charge in [-0.2, -0.15) is 0 Å². The molecule has 0 radical (unpaired) electrons. The predicted octanol–water partition coefficient (Wildman–Crippen LogP) is 3.73. The average molecular weight is 540 g/mol. The number of aromatic nitrogens is 1. The number of hydrogen-bond acceptors (Lipinski definition) is 8. The van der Waals surface area contributed by atoms with Crippen LogP contribution in [0.25, 0.3) is 0 Å². The Balaban J connectivity index is 1.39. The van der Waals surface area contributed by atoms with Gasteiger partial charge in [-0.15, -0.1) is 24.5 Å². The third kappa shape index (κ3) is 9.18. The quantitative estimate of drug-likeness (QED) is 0.361. The van der Waals surface area contributed by atoms with Crippen molar-refractivity contribution in [3.8, 4) is 23.0 Å². The van der Waals surface area contributed by atoms with Gasteiger partial charge in [-0.3, -0.25) is 9.59 Å². The van der Waals surface area contributed by atoms with Crippen molar-refractivity contribution < 1.29 is 41.7 Å². The Hall–Kier alpha value is -4.00. The summed E-state index contributed by atoms with van der Waals surface area (Å²) in [5.74, 6) is 0.311. The normalized spacial score (nSPS) is 10.9. The largest absolute Gasteiger partial charge is 0.573 e. The van der Waals surface area contributed by atoms with Gasteiger partial charge in [0.05, 0.1) is 20.8 Å². The second-order valence-corrected chi connectivity index (χ2v) is 8.38. The summed E-state index contributed by atoms with van der Waals surface area (Å²) in [6, 6.07) is 10.2. The van der Waals surface area contributed by atoms with Crippen LogP contribution in [0.3, 0.4) is 0 Å². The zero-order valence-electron chi connectivity index (χ0n) is 19.9. The lowest BCUT2D eigenvalue weighted by Gasteiger charge is -2.10. The molecule has 1 heterocycles. The summed E-state index contributed by atoms with van der Waals surface area (Å²) in [4.78, 5) is 28.6. The van der Waals surface area contributed by atoms with Gasteiger partial charge in [0.1, 0.15) is 33.7 Å². The van der Waals surface area contributed by atoms with Crippen LogP contribution >= 0.6 is 11.3 Å². The van der Waals surface area contributed by atoms with Crippen molar-refractivity contribution in [2.24, 2.45) is 0 Å². The fourth-order valence-corrected chi connectivity index (χ4v) is 3.74. The highest BCUT2D eigenvalue weighted by molar-refractivity contribution is 7.09. The lowest BCUT2D eigenvalue weighted by atomic mass is 10.1. The smallest absolute Gasteiger partial charge is 0.497 e. The van der Waals surface area contributed by atoms with Gasteiger partial charge in [-0.25, -0.2) is 4.98 Å². The highest BCUT2D eigenvalue weighted by Gasteiger charge is 2.31. The minimum atomic E-state index is -4.79. The van der Waals surface area contributed by atoms with Crippen molar-refractivity contribution in [2.75, 3.05) is 27.4 Å². The van der Waals surface area contributed by atoms with E-state index in [2.05, 4.69) is 20.4 Å². The molecule has 0 atom stereocenters. The highest BCUT2D eigenvalue weighted by Crippen LogP contribution is 2.25. The number of nitrogens with zero attached hydrogens (tertiary/aromatic N) is 1. The van der Waals surface area contributed by atoms with Crippen LogP contribution in [0.4, 0.5) is 13.2 Å². The molecule has 0 aliphatic rings. The molecule has 9 nitrogen and oxygen atoms in total. The molecule has 1 aromatic heterocycles. The van der Waals surface area contributed by atoms with Gasteiger partial charge < -0.3 is 29.6 Å². The van der Waals surface area contributed by atoms with Gasteiger partial charge >= 0.3 is 6.36 Å². The molecule has 0 fully saturated rings. The number of methoxy groups -OCH3 is 2. The number of alkyl halides is 3. The maximum Gasteiger partial charge on any atom is 0.573 e. The van der Waals surface area contributed by atoms with Crippen molar-refractivity contribution in [1.82, 2.24) is 15.6 Å². The lowest BCUT2D eigenvalue weighted by Crippen LogP contribution is -2.28. The fourth-order valence-electron chi connectivity index (χ4n) is 3.03. The minimum Gasteiger partial charge on any atom is -0.497 e. The molecule has 0 spiro atoms. The molecule has 0 unspecified atom stereocenters. The maximum absolute atomic E-state index is 12.4. The summed E-state index contributed by atoms with van der Waals surface area (Å²) in [5.41, 5.74) is 1.17. The van der Waals surface area contributed by atoms with Crippen LogP contribution in [0.5, 0.6) is 23.0 Å². The first-order valence-corrected chi connectivity index (χ1v) is 11.7. The number of carbonyl (C=O) groups is 2. The highest BCUT2D eigenvalue weighted by atomic mass is 32.1. The first-order chi connectivity index (χ1) is 17.6. The van der Waals surface area contributed by atoms with E-state index in [-0.39, 0.29) is 30.5 Å². The standard InChI is InChI=1S/C24H24F3N3O6S/c1-33-18-9-15(10-19(11-18)34-2)7-8-28-23(32)20-14-37-22(30-20)12-29-21(31)13-35-16-3-5-17(6-4-16)36-24(25,26)27/h3-6,9-11,14H,7-8,12-13H2,1-2H3,(H,28,32)(H,29,31). The van der Waals surface area contributed by atoms with Crippen LogP contribution in [-0.2, 0) is 17.8 Å². The van der Waals surface area contributed by atoms with Crippen LogP contribution in [0.15, 0.2) is 47.8 Å². The summed E-state index contributed by atoms with van der Waals surface area (Å²) in [7, 11) is 3.13. The fraction of sp³-hybridized carbons (Fsp3) is 0.292. The lowest BCUT2D eigenvalue weighted by molar-refractivity contribution is -0.274. The van der Waals surface area contributed by atoms with Crippen LogP contribution in [0, 0.1) is 0 Å². The van der Waals surface area contributed by atoms with Crippen molar-refractivity contribution in [3.05, 3.63) is 64.1 Å². The summed E-state index contributed by atoms with van der Waals surface area (Å²) in [6.45, 7) is 0.106. The second kappa shape index (κ2) is 12.8. The molecule has 13 heteroatoms. The molecule has 0 aliphatic carbocycles. The Morgan fingerprint density at radius 3 is 2.22 bits per heavy atom. The molecule has 2 N–H and O–H groups in total. The van der Waals surface area contributed by atoms with Gasteiger partial charge in [-0.05, 0) is 48.4 Å². The number of amides is 2. The summed E-state index contributed by atoms with van der Waals surface area (Å²) >= 11 is 1.21. The van der Waals surface area contributed by atoms with Crippen molar-refractivity contribution in [3.63, 3.8) is 0 Å². The van der Waals surface area contributed by atoms with Gasteiger partial charge in [0.2, 0.25) is 0 Å². The van der Waals surface area contributed by atoms with E-state index in [1.54, 1.807) is 25.7 Å². The zero-order chi connectivity index (χ0) is 26.8. The number of rotatable bonds is 12. The summed E-state index contributed by atoms with van der Waals surface area (Å²) < 4.78 is 56.1. The SMILES string of the molecule is COc1cc(CCNC(=O)c2csc(CNC(=O)COc3ccc(OC(F)(F)F)cc3)n2)cc(OC)c1. The minimum absolute atomic E-state index is 0.0854. The zero-order valence-corrected chi connectivity index (χ0v) is 20.7. The molecule has 0 aliphatic heterocycles. The van der Waals surface area contributed by atoms with Gasteiger partial charge in [0, 0.05) is 18.0 Å². The van der Waals surface area contributed by atoms with Gasteiger partial charge in [0.15, 0.2) is 6.61 Å². The molecule has 2 aromatic carbocycles. The van der Waals surface area contributed by atoms with Crippen molar-refractivity contribution >= 4 is 23.2 Å². The first kappa shape index (κ1) is 27.6. The topological polar surface area (TPSA) is 108 Å². The summed E-state index contributed by atoms with van der Waals surface area (Å²) in [5, 5.41) is 7.51. The average Bonchev–Trinajstić information content (AvgIpc) is 3.35. The Labute approximate surface area is 214 Å². The van der Waals surface area contributed by atoms with E-state index < -0.39 is 18.0 Å². The maximum atomic E-state index is 12.4. The number of nitrogens with one attached hydrogen (secondary N) is 2. The molecule has 37 heavy (non-hydrogen) atoms. The number of carbonyl (C=O) groups excluding carboxylic acids is 2. The summed E-state index contributed by atoms with van der Waals surface area (Å²) in [6.07, 6.45) is -4.23. The molecule has 0 bridgehead atoms. The van der Waals surface area contributed by atoms with E-state index in [0.29, 0.717) is 29.5 Å². The number of benzene rings is 2. The van der Waals surface area contributed by atoms with Crippen LogP contribution in [0.1, 0.15) is 21.1 Å². The Morgan fingerprint density at radius 2 is 1.59 bits per heavy atom. The Bertz CT molecular complexity index is 1180. The van der Waals surface area contributed by atoms with Gasteiger partial charge in [-0.1, -0.05) is 0 Å².